The minimum absolute atomic E-state index is 0. The van der Waals surface area contributed by atoms with Gasteiger partial charge in [0.05, 0.1) is 22.0 Å². The van der Waals surface area contributed by atoms with E-state index in [1.807, 2.05) is 4.90 Å². The van der Waals surface area contributed by atoms with Gasteiger partial charge in [-0.1, -0.05) is 23.2 Å². The summed E-state index contributed by atoms with van der Waals surface area (Å²) in [5.74, 6) is 0.803. The standard InChI is InChI=1S/C17H22Cl2N2O3.ClH/c18-14-2-1-12(9-15(14)19)24-13-3-6-21(10-13)16(22)17(11-20)4-7-23-8-5-17;/h1-2,9,13H,3-8,10-11,20H2;1H. The van der Waals surface area contributed by atoms with E-state index in [9.17, 15) is 4.79 Å². The lowest BCUT2D eigenvalue weighted by Gasteiger charge is -2.37. The monoisotopic (exact) mass is 408 g/mol. The molecular formula is C17H23Cl3N2O3. The number of benzene rings is 1. The predicted octanol–water partition coefficient (Wildman–Crippen LogP) is 3.15. The zero-order chi connectivity index (χ0) is 17.2. The maximum Gasteiger partial charge on any atom is 0.230 e. The Morgan fingerprint density at radius 3 is 2.68 bits per heavy atom. The molecule has 0 radical (unpaired) electrons. The molecule has 5 nitrogen and oxygen atoms in total. The molecule has 0 aliphatic carbocycles. The van der Waals surface area contributed by atoms with Crippen LogP contribution in [0.25, 0.3) is 0 Å². The van der Waals surface area contributed by atoms with Gasteiger partial charge in [-0.3, -0.25) is 4.79 Å². The first-order valence-electron chi connectivity index (χ1n) is 8.23. The van der Waals surface area contributed by atoms with Gasteiger partial charge in [0.25, 0.3) is 0 Å². The molecule has 1 aromatic carbocycles. The molecule has 0 saturated carbocycles. The minimum atomic E-state index is -0.475. The van der Waals surface area contributed by atoms with Gasteiger partial charge in [0, 0.05) is 38.8 Å². The number of carbonyl (C=O) groups is 1. The van der Waals surface area contributed by atoms with Crippen LogP contribution in [0.2, 0.25) is 10.0 Å². The molecule has 2 fully saturated rings. The van der Waals surface area contributed by atoms with Crippen LogP contribution in [0.3, 0.4) is 0 Å². The van der Waals surface area contributed by atoms with Crippen LogP contribution in [0.5, 0.6) is 5.75 Å². The summed E-state index contributed by atoms with van der Waals surface area (Å²) >= 11 is 11.9. The van der Waals surface area contributed by atoms with Crippen LogP contribution in [0.15, 0.2) is 18.2 Å². The van der Waals surface area contributed by atoms with E-state index in [0.29, 0.717) is 61.5 Å². The minimum Gasteiger partial charge on any atom is -0.488 e. The summed E-state index contributed by atoms with van der Waals surface area (Å²) < 4.78 is 11.3. The summed E-state index contributed by atoms with van der Waals surface area (Å²) in [6.45, 7) is 2.82. The average Bonchev–Trinajstić information content (AvgIpc) is 3.06. The lowest BCUT2D eigenvalue weighted by Crippen LogP contribution is -2.50. The second-order valence-electron chi connectivity index (χ2n) is 6.45. The zero-order valence-corrected chi connectivity index (χ0v) is 16.2. The third kappa shape index (κ3) is 4.52. The molecule has 0 bridgehead atoms. The number of amides is 1. The first-order chi connectivity index (χ1) is 11.5. The lowest BCUT2D eigenvalue weighted by atomic mass is 9.79. The highest BCUT2D eigenvalue weighted by molar-refractivity contribution is 6.42. The van der Waals surface area contributed by atoms with E-state index in [1.165, 1.54) is 0 Å². The number of carbonyl (C=O) groups excluding carboxylic acids is 1. The Kier molecular flexibility index (Phi) is 7.23. The van der Waals surface area contributed by atoms with Gasteiger partial charge in [-0.2, -0.15) is 0 Å². The van der Waals surface area contributed by atoms with Crippen LogP contribution < -0.4 is 10.5 Å². The lowest BCUT2D eigenvalue weighted by molar-refractivity contribution is -0.146. The molecular weight excluding hydrogens is 387 g/mol. The molecule has 25 heavy (non-hydrogen) atoms. The van der Waals surface area contributed by atoms with Crippen molar-refractivity contribution in [3.8, 4) is 5.75 Å². The van der Waals surface area contributed by atoms with E-state index in [1.54, 1.807) is 18.2 Å². The first-order valence-corrected chi connectivity index (χ1v) is 8.98. The third-order valence-electron chi connectivity index (χ3n) is 4.92. The number of halogens is 3. The second kappa shape index (κ2) is 8.78. The van der Waals surface area contributed by atoms with Gasteiger partial charge in [-0.25, -0.2) is 0 Å². The largest absolute Gasteiger partial charge is 0.488 e. The molecule has 2 N–H and O–H groups in total. The summed E-state index contributed by atoms with van der Waals surface area (Å²) in [6.07, 6.45) is 2.14. The molecule has 2 aliphatic heterocycles. The summed E-state index contributed by atoms with van der Waals surface area (Å²) in [7, 11) is 0. The topological polar surface area (TPSA) is 64.8 Å². The fraction of sp³-hybridized carbons (Fsp3) is 0.588. The number of hydrogen-bond acceptors (Lipinski definition) is 4. The van der Waals surface area contributed by atoms with Crippen molar-refractivity contribution >= 4 is 41.5 Å². The van der Waals surface area contributed by atoms with Gasteiger partial charge in [-0.05, 0) is 25.0 Å². The molecule has 1 aromatic rings. The van der Waals surface area contributed by atoms with Crippen molar-refractivity contribution in [1.29, 1.82) is 0 Å². The SMILES string of the molecule is Cl.NCC1(C(=O)N2CCC(Oc3ccc(Cl)c(Cl)c3)C2)CCOCC1. The molecule has 1 atom stereocenters. The fourth-order valence-corrected chi connectivity index (χ4v) is 3.64. The van der Waals surface area contributed by atoms with Gasteiger partial charge in [-0.15, -0.1) is 12.4 Å². The Bertz CT molecular complexity index is 609. The summed E-state index contributed by atoms with van der Waals surface area (Å²) in [5.41, 5.74) is 5.46. The van der Waals surface area contributed by atoms with E-state index in [4.69, 9.17) is 38.4 Å². The Balaban J connectivity index is 0.00000225. The van der Waals surface area contributed by atoms with Crippen molar-refractivity contribution in [2.45, 2.75) is 25.4 Å². The van der Waals surface area contributed by atoms with E-state index in [-0.39, 0.29) is 24.4 Å². The van der Waals surface area contributed by atoms with Crippen LogP contribution >= 0.6 is 35.6 Å². The van der Waals surface area contributed by atoms with Crippen molar-refractivity contribution in [2.75, 3.05) is 32.8 Å². The Morgan fingerprint density at radius 2 is 2.04 bits per heavy atom. The molecule has 0 spiro atoms. The molecule has 3 rings (SSSR count). The number of rotatable bonds is 4. The summed E-state index contributed by atoms with van der Waals surface area (Å²) in [4.78, 5) is 14.8. The van der Waals surface area contributed by atoms with E-state index < -0.39 is 5.41 Å². The second-order valence-corrected chi connectivity index (χ2v) is 7.27. The fourth-order valence-electron chi connectivity index (χ4n) is 3.35. The molecule has 140 valence electrons. The molecule has 1 amide bonds. The van der Waals surface area contributed by atoms with Crippen LogP contribution in [-0.2, 0) is 9.53 Å². The van der Waals surface area contributed by atoms with Gasteiger partial charge >= 0.3 is 0 Å². The number of nitrogens with two attached hydrogens (primary N) is 1. The summed E-state index contributed by atoms with van der Waals surface area (Å²) in [5, 5.41) is 0.959. The van der Waals surface area contributed by atoms with Crippen molar-refractivity contribution < 1.29 is 14.3 Å². The predicted molar refractivity (Wildman–Crippen MR) is 101 cm³/mol. The normalized spacial score (nSPS) is 22.4. The van der Waals surface area contributed by atoms with Crippen LogP contribution in [0, 0.1) is 5.41 Å². The molecule has 1 unspecified atom stereocenters. The molecule has 2 saturated heterocycles. The average molecular weight is 410 g/mol. The van der Waals surface area contributed by atoms with Gasteiger partial charge in [0.15, 0.2) is 0 Å². The van der Waals surface area contributed by atoms with Crippen molar-refractivity contribution in [2.24, 2.45) is 11.1 Å². The number of ether oxygens (including phenoxy) is 2. The Morgan fingerprint density at radius 1 is 1.32 bits per heavy atom. The Labute approximate surface area is 164 Å². The maximum atomic E-state index is 12.9. The van der Waals surface area contributed by atoms with Crippen LogP contribution in [0.1, 0.15) is 19.3 Å². The molecule has 2 heterocycles. The van der Waals surface area contributed by atoms with Gasteiger partial charge < -0.3 is 20.1 Å². The number of nitrogens with zero attached hydrogens (tertiary/aromatic N) is 1. The smallest absolute Gasteiger partial charge is 0.230 e. The number of likely N-dealkylation sites (tertiary alicyclic amines) is 1. The van der Waals surface area contributed by atoms with E-state index in [0.717, 1.165) is 6.42 Å². The first kappa shape index (κ1) is 20.6. The maximum absolute atomic E-state index is 12.9. The molecule has 8 heteroatoms. The van der Waals surface area contributed by atoms with Crippen LogP contribution in [-0.4, -0.2) is 49.8 Å². The van der Waals surface area contributed by atoms with E-state index in [2.05, 4.69) is 0 Å². The zero-order valence-electron chi connectivity index (χ0n) is 13.9. The third-order valence-corrected chi connectivity index (χ3v) is 5.66. The highest BCUT2D eigenvalue weighted by atomic mass is 35.5. The highest BCUT2D eigenvalue weighted by Gasteiger charge is 2.43. The van der Waals surface area contributed by atoms with Crippen LogP contribution in [0.4, 0.5) is 0 Å². The highest BCUT2D eigenvalue weighted by Crippen LogP contribution is 2.34. The quantitative estimate of drug-likeness (QED) is 0.829. The van der Waals surface area contributed by atoms with Crippen molar-refractivity contribution in [3.05, 3.63) is 28.2 Å². The van der Waals surface area contributed by atoms with E-state index >= 15 is 0 Å². The molecule has 2 aliphatic rings. The van der Waals surface area contributed by atoms with Gasteiger partial charge in [0.1, 0.15) is 11.9 Å². The number of hydrogen-bond donors (Lipinski definition) is 1. The van der Waals surface area contributed by atoms with Crippen molar-refractivity contribution in [3.63, 3.8) is 0 Å². The summed E-state index contributed by atoms with van der Waals surface area (Å²) in [6, 6.07) is 5.20. The van der Waals surface area contributed by atoms with Gasteiger partial charge in [0.2, 0.25) is 5.91 Å². The molecule has 0 aromatic heterocycles. The Hall–Kier alpha value is -0.720. The van der Waals surface area contributed by atoms with Crippen molar-refractivity contribution in [1.82, 2.24) is 4.90 Å².